The quantitative estimate of drug-likeness (QED) is 0.811. The summed E-state index contributed by atoms with van der Waals surface area (Å²) in [6, 6.07) is 5.03. The third-order valence-electron chi connectivity index (χ3n) is 2.29. The maximum atomic E-state index is 12.0. The van der Waals surface area contributed by atoms with E-state index in [2.05, 4.69) is 31.5 Å². The highest BCUT2D eigenvalue weighted by Gasteiger charge is 2.11. The van der Waals surface area contributed by atoms with E-state index < -0.39 is 0 Å². The number of hydrogen-bond acceptors (Lipinski definition) is 5. The highest BCUT2D eigenvalue weighted by Crippen LogP contribution is 2.25. The predicted molar refractivity (Wildman–Crippen MR) is 86.5 cm³/mol. The van der Waals surface area contributed by atoms with Crippen LogP contribution in [0.5, 0.6) is 5.75 Å². The summed E-state index contributed by atoms with van der Waals surface area (Å²) >= 11 is 9.77. The van der Waals surface area contributed by atoms with Crippen LogP contribution in [0.1, 0.15) is 10.4 Å². The SMILES string of the molecule is COc1ccc(C(=O)NC(=S)Nc2nccs2)cc1Br. The average Bonchev–Trinajstić information content (AvgIpc) is 2.91. The fourth-order valence-corrected chi connectivity index (χ4v) is 2.72. The highest BCUT2D eigenvalue weighted by molar-refractivity contribution is 9.10. The molecule has 0 atom stereocenters. The van der Waals surface area contributed by atoms with E-state index in [0.29, 0.717) is 20.9 Å². The number of benzene rings is 1. The molecule has 0 radical (unpaired) electrons. The molecule has 0 saturated carbocycles. The number of nitrogens with one attached hydrogen (secondary N) is 2. The second-order valence-electron chi connectivity index (χ2n) is 3.59. The first-order valence-electron chi connectivity index (χ1n) is 5.45. The number of aromatic nitrogens is 1. The number of carbonyl (C=O) groups excluding carboxylic acids is 1. The van der Waals surface area contributed by atoms with Gasteiger partial charge in [-0.2, -0.15) is 0 Å². The number of hydrogen-bond donors (Lipinski definition) is 2. The molecule has 1 heterocycles. The Kier molecular flexibility index (Phi) is 5.05. The Morgan fingerprint density at radius 2 is 2.30 bits per heavy atom. The number of thiazole rings is 1. The van der Waals surface area contributed by atoms with Crippen LogP contribution in [0.4, 0.5) is 5.13 Å². The molecule has 2 N–H and O–H groups in total. The predicted octanol–water partition coefficient (Wildman–Crippen LogP) is 3.04. The summed E-state index contributed by atoms with van der Waals surface area (Å²) < 4.78 is 5.81. The zero-order valence-electron chi connectivity index (χ0n) is 10.3. The normalized spacial score (nSPS) is 9.90. The van der Waals surface area contributed by atoms with Crippen LogP contribution in [-0.2, 0) is 0 Å². The second-order valence-corrected chi connectivity index (χ2v) is 5.75. The van der Waals surface area contributed by atoms with Crippen molar-refractivity contribution in [3.63, 3.8) is 0 Å². The third-order valence-corrected chi connectivity index (χ3v) is 3.81. The Bertz CT molecular complexity index is 632. The molecule has 0 bridgehead atoms. The molecule has 8 heteroatoms. The third kappa shape index (κ3) is 3.75. The minimum Gasteiger partial charge on any atom is -0.496 e. The molecule has 1 amide bonds. The number of nitrogens with zero attached hydrogens (tertiary/aromatic N) is 1. The number of anilines is 1. The van der Waals surface area contributed by atoms with Crippen LogP contribution in [0.15, 0.2) is 34.2 Å². The first-order valence-corrected chi connectivity index (χ1v) is 7.53. The summed E-state index contributed by atoms with van der Waals surface area (Å²) in [6.07, 6.45) is 1.65. The molecule has 1 aromatic carbocycles. The first-order chi connectivity index (χ1) is 9.60. The number of halogens is 1. The monoisotopic (exact) mass is 371 g/mol. The van der Waals surface area contributed by atoms with E-state index in [1.165, 1.54) is 11.3 Å². The van der Waals surface area contributed by atoms with Crippen LogP contribution < -0.4 is 15.4 Å². The fourth-order valence-electron chi connectivity index (χ4n) is 1.40. The van der Waals surface area contributed by atoms with E-state index in [1.54, 1.807) is 31.5 Å². The molecule has 0 aliphatic rings. The van der Waals surface area contributed by atoms with Gasteiger partial charge in [-0.05, 0) is 46.3 Å². The van der Waals surface area contributed by atoms with E-state index in [1.807, 2.05) is 5.38 Å². The van der Waals surface area contributed by atoms with Gasteiger partial charge in [0.05, 0.1) is 11.6 Å². The van der Waals surface area contributed by atoms with Crippen molar-refractivity contribution in [1.29, 1.82) is 0 Å². The number of thiocarbonyl (C=S) groups is 1. The molecule has 104 valence electrons. The topological polar surface area (TPSA) is 63.2 Å². The molecule has 0 saturated heterocycles. The van der Waals surface area contributed by atoms with Crippen LogP contribution in [0, 0.1) is 0 Å². The van der Waals surface area contributed by atoms with Crippen molar-refractivity contribution in [2.24, 2.45) is 0 Å². The van der Waals surface area contributed by atoms with Gasteiger partial charge in [0.25, 0.3) is 5.91 Å². The van der Waals surface area contributed by atoms with Crippen molar-refractivity contribution in [3.8, 4) is 5.75 Å². The Hall–Kier alpha value is -1.51. The second kappa shape index (κ2) is 6.78. The standard InChI is InChI=1S/C12H10BrN3O2S2/c1-18-9-3-2-7(6-8(9)13)10(17)15-11(19)16-12-14-4-5-20-12/h2-6H,1H3,(H2,14,15,16,17,19). The molecule has 5 nitrogen and oxygen atoms in total. The van der Waals surface area contributed by atoms with Gasteiger partial charge >= 0.3 is 0 Å². The van der Waals surface area contributed by atoms with E-state index >= 15 is 0 Å². The average molecular weight is 372 g/mol. The molecule has 2 rings (SSSR count). The number of amides is 1. The van der Waals surface area contributed by atoms with E-state index in [4.69, 9.17) is 17.0 Å². The maximum Gasteiger partial charge on any atom is 0.257 e. The summed E-state index contributed by atoms with van der Waals surface area (Å²) in [5, 5.41) is 8.06. The van der Waals surface area contributed by atoms with Crippen LogP contribution in [0.25, 0.3) is 0 Å². The van der Waals surface area contributed by atoms with Gasteiger partial charge in [0, 0.05) is 17.1 Å². The van der Waals surface area contributed by atoms with Gasteiger partial charge in [-0.1, -0.05) is 0 Å². The Morgan fingerprint density at radius 1 is 1.50 bits per heavy atom. The van der Waals surface area contributed by atoms with E-state index in [9.17, 15) is 4.79 Å². The number of rotatable bonds is 3. The molecule has 0 spiro atoms. The number of carbonyl (C=O) groups is 1. The molecule has 0 aliphatic heterocycles. The lowest BCUT2D eigenvalue weighted by Crippen LogP contribution is -2.34. The smallest absolute Gasteiger partial charge is 0.257 e. The summed E-state index contributed by atoms with van der Waals surface area (Å²) in [4.78, 5) is 16.0. The van der Waals surface area contributed by atoms with Crippen LogP contribution in [-0.4, -0.2) is 23.1 Å². The van der Waals surface area contributed by atoms with Crippen molar-refractivity contribution in [2.45, 2.75) is 0 Å². The van der Waals surface area contributed by atoms with E-state index in [-0.39, 0.29) is 11.0 Å². The fraction of sp³-hybridized carbons (Fsp3) is 0.0833. The Morgan fingerprint density at radius 3 is 2.90 bits per heavy atom. The maximum absolute atomic E-state index is 12.0. The largest absolute Gasteiger partial charge is 0.496 e. The van der Waals surface area contributed by atoms with Crippen molar-refractivity contribution < 1.29 is 9.53 Å². The summed E-state index contributed by atoms with van der Waals surface area (Å²) in [6.45, 7) is 0. The minimum absolute atomic E-state index is 0.205. The van der Waals surface area contributed by atoms with Crippen LogP contribution in [0.3, 0.4) is 0 Å². The van der Waals surface area contributed by atoms with Gasteiger partial charge in [0.15, 0.2) is 10.2 Å². The minimum atomic E-state index is -0.303. The Labute approximate surface area is 133 Å². The lowest BCUT2D eigenvalue weighted by Gasteiger charge is -2.08. The van der Waals surface area contributed by atoms with Gasteiger partial charge in [-0.3, -0.25) is 10.1 Å². The molecule has 2 aromatic rings. The molecule has 0 aliphatic carbocycles. The summed E-state index contributed by atoms with van der Waals surface area (Å²) in [7, 11) is 1.56. The van der Waals surface area contributed by atoms with E-state index in [0.717, 1.165) is 0 Å². The van der Waals surface area contributed by atoms with Gasteiger partial charge in [0.1, 0.15) is 5.75 Å². The Balaban J connectivity index is 2.01. The van der Waals surface area contributed by atoms with Crippen molar-refractivity contribution in [2.75, 3.05) is 12.4 Å². The zero-order chi connectivity index (χ0) is 14.5. The molecule has 1 aromatic heterocycles. The lowest BCUT2D eigenvalue weighted by atomic mass is 10.2. The van der Waals surface area contributed by atoms with Crippen LogP contribution in [0.2, 0.25) is 0 Å². The van der Waals surface area contributed by atoms with Crippen molar-refractivity contribution in [1.82, 2.24) is 10.3 Å². The molecule has 0 unspecified atom stereocenters. The van der Waals surface area contributed by atoms with Gasteiger partial charge in [-0.25, -0.2) is 4.98 Å². The lowest BCUT2D eigenvalue weighted by molar-refractivity contribution is 0.0977. The van der Waals surface area contributed by atoms with Crippen LogP contribution >= 0.6 is 39.5 Å². The molecular formula is C12H10BrN3O2S2. The molecular weight excluding hydrogens is 362 g/mol. The zero-order valence-corrected chi connectivity index (χ0v) is 13.6. The van der Waals surface area contributed by atoms with Crippen molar-refractivity contribution >= 4 is 55.6 Å². The molecule has 20 heavy (non-hydrogen) atoms. The van der Waals surface area contributed by atoms with Gasteiger partial charge < -0.3 is 10.1 Å². The molecule has 0 fully saturated rings. The summed E-state index contributed by atoms with van der Waals surface area (Å²) in [5.74, 6) is 0.354. The van der Waals surface area contributed by atoms with Crippen molar-refractivity contribution in [3.05, 3.63) is 39.8 Å². The number of methoxy groups -OCH3 is 1. The van der Waals surface area contributed by atoms with Gasteiger partial charge in [0.2, 0.25) is 0 Å². The summed E-state index contributed by atoms with van der Waals surface area (Å²) in [5.41, 5.74) is 0.473. The first kappa shape index (κ1) is 14.9. The number of ether oxygens (including phenoxy) is 1. The highest BCUT2D eigenvalue weighted by atomic mass is 79.9. The van der Waals surface area contributed by atoms with Gasteiger partial charge in [-0.15, -0.1) is 11.3 Å².